The molecule has 0 fully saturated rings. The number of fused-ring (bicyclic) bond motifs is 1. The summed E-state index contributed by atoms with van der Waals surface area (Å²) in [5, 5.41) is 0. The Morgan fingerprint density at radius 2 is 2.18 bits per heavy atom. The first kappa shape index (κ1) is 15.1. The molecule has 3 heterocycles. The smallest absolute Gasteiger partial charge is 0.410 e. The lowest BCUT2D eigenvalue weighted by atomic mass is 10.2. The summed E-state index contributed by atoms with van der Waals surface area (Å²) in [7, 11) is 0. The number of imidazole rings is 1. The fraction of sp³-hybridized carbons (Fsp3) is 0.375. The molecule has 0 aromatic carbocycles. The van der Waals surface area contributed by atoms with Crippen LogP contribution in [0.2, 0.25) is 0 Å². The predicted molar refractivity (Wildman–Crippen MR) is 88.7 cm³/mol. The maximum absolute atomic E-state index is 12.1. The van der Waals surface area contributed by atoms with Gasteiger partial charge in [-0.05, 0) is 38.5 Å². The molecule has 2 aromatic heterocycles. The molecule has 1 aliphatic heterocycles. The summed E-state index contributed by atoms with van der Waals surface area (Å²) in [5.41, 5.74) is 2.49. The van der Waals surface area contributed by atoms with Crippen molar-refractivity contribution in [3.05, 3.63) is 40.8 Å². The minimum Gasteiger partial charge on any atom is -0.444 e. The van der Waals surface area contributed by atoms with Gasteiger partial charge in [-0.1, -0.05) is 22.0 Å². The Morgan fingerprint density at radius 3 is 2.91 bits per heavy atom. The van der Waals surface area contributed by atoms with Gasteiger partial charge in [-0.2, -0.15) is 0 Å². The fourth-order valence-electron chi connectivity index (χ4n) is 2.40. The Labute approximate surface area is 137 Å². The quantitative estimate of drug-likeness (QED) is 0.775. The standard InChI is InChI=1S/C16H18BrN3O2/c1-16(2,3)22-15(21)19-6-4-11(10-19)13-9-18-14-8-12(17)5-7-20(13)14/h4-5,7-9H,6,10H2,1-3H3. The van der Waals surface area contributed by atoms with E-state index in [0.717, 1.165) is 21.4 Å². The predicted octanol–water partition coefficient (Wildman–Crippen LogP) is 3.73. The summed E-state index contributed by atoms with van der Waals surface area (Å²) in [4.78, 5) is 18.2. The maximum atomic E-state index is 12.1. The number of amides is 1. The van der Waals surface area contributed by atoms with E-state index in [1.165, 1.54) is 0 Å². The summed E-state index contributed by atoms with van der Waals surface area (Å²) in [6.07, 6.45) is 5.58. The van der Waals surface area contributed by atoms with Crippen LogP contribution >= 0.6 is 15.9 Å². The van der Waals surface area contributed by atoms with Crippen LogP contribution in [0.15, 0.2) is 35.1 Å². The van der Waals surface area contributed by atoms with E-state index < -0.39 is 5.60 Å². The molecule has 116 valence electrons. The van der Waals surface area contributed by atoms with E-state index >= 15 is 0 Å². The number of hydrogen-bond donors (Lipinski definition) is 0. The highest BCUT2D eigenvalue weighted by Crippen LogP contribution is 2.24. The fourth-order valence-corrected chi connectivity index (χ4v) is 2.72. The van der Waals surface area contributed by atoms with Crippen molar-refractivity contribution in [3.63, 3.8) is 0 Å². The highest BCUT2D eigenvalue weighted by molar-refractivity contribution is 9.10. The molecule has 0 spiro atoms. The van der Waals surface area contributed by atoms with Crippen LogP contribution in [-0.2, 0) is 4.74 Å². The zero-order valence-corrected chi connectivity index (χ0v) is 14.4. The van der Waals surface area contributed by atoms with Gasteiger partial charge in [0.15, 0.2) is 0 Å². The highest BCUT2D eigenvalue weighted by Gasteiger charge is 2.26. The van der Waals surface area contributed by atoms with Gasteiger partial charge < -0.3 is 9.64 Å². The number of nitrogens with zero attached hydrogens (tertiary/aromatic N) is 3. The van der Waals surface area contributed by atoms with Crippen LogP contribution in [-0.4, -0.2) is 39.1 Å². The van der Waals surface area contributed by atoms with E-state index in [-0.39, 0.29) is 6.09 Å². The van der Waals surface area contributed by atoms with Crippen LogP contribution in [0.25, 0.3) is 11.2 Å². The van der Waals surface area contributed by atoms with Gasteiger partial charge >= 0.3 is 6.09 Å². The molecule has 0 saturated carbocycles. The minimum absolute atomic E-state index is 0.282. The van der Waals surface area contributed by atoms with Gasteiger partial charge in [0.1, 0.15) is 11.2 Å². The molecule has 3 rings (SSSR count). The molecule has 0 saturated heterocycles. The molecule has 0 aliphatic carbocycles. The van der Waals surface area contributed by atoms with Crippen LogP contribution in [0.5, 0.6) is 0 Å². The van der Waals surface area contributed by atoms with Crippen molar-refractivity contribution in [1.82, 2.24) is 14.3 Å². The lowest BCUT2D eigenvalue weighted by Crippen LogP contribution is -2.35. The van der Waals surface area contributed by atoms with Crippen molar-refractivity contribution in [1.29, 1.82) is 0 Å². The molecule has 6 heteroatoms. The molecule has 5 nitrogen and oxygen atoms in total. The molecule has 22 heavy (non-hydrogen) atoms. The third-order valence-corrected chi connectivity index (χ3v) is 3.87. The second-order valence-electron chi connectivity index (χ2n) is 6.31. The zero-order valence-electron chi connectivity index (χ0n) is 12.8. The number of halogens is 1. The minimum atomic E-state index is -0.477. The number of hydrogen-bond acceptors (Lipinski definition) is 3. The lowest BCUT2D eigenvalue weighted by Gasteiger charge is -2.24. The Bertz CT molecular complexity index is 758. The SMILES string of the molecule is CC(C)(C)OC(=O)N1CC=C(c2cnc3cc(Br)ccn23)C1. The number of carbonyl (C=O) groups excluding carboxylic acids is 1. The van der Waals surface area contributed by atoms with Crippen molar-refractivity contribution in [2.45, 2.75) is 26.4 Å². The summed E-state index contributed by atoms with van der Waals surface area (Å²) in [5.74, 6) is 0. The first-order chi connectivity index (χ1) is 10.3. The Morgan fingerprint density at radius 1 is 1.41 bits per heavy atom. The third-order valence-electron chi connectivity index (χ3n) is 3.38. The van der Waals surface area contributed by atoms with Gasteiger partial charge in [0, 0.05) is 17.2 Å². The molecule has 2 aromatic rings. The molecule has 0 unspecified atom stereocenters. The van der Waals surface area contributed by atoms with Crippen molar-refractivity contribution < 1.29 is 9.53 Å². The molecule has 1 amide bonds. The van der Waals surface area contributed by atoms with Crippen LogP contribution < -0.4 is 0 Å². The van der Waals surface area contributed by atoms with Gasteiger partial charge in [0.05, 0.1) is 18.4 Å². The second kappa shape index (κ2) is 5.43. The van der Waals surface area contributed by atoms with Crippen molar-refractivity contribution in [3.8, 4) is 0 Å². The maximum Gasteiger partial charge on any atom is 0.410 e. The molecular weight excluding hydrogens is 346 g/mol. The Kier molecular flexibility index (Phi) is 3.72. The van der Waals surface area contributed by atoms with E-state index in [1.807, 2.05) is 49.7 Å². The molecule has 1 aliphatic rings. The van der Waals surface area contributed by atoms with Gasteiger partial charge in [-0.3, -0.25) is 4.40 Å². The van der Waals surface area contributed by atoms with E-state index in [1.54, 1.807) is 4.90 Å². The van der Waals surface area contributed by atoms with E-state index in [4.69, 9.17) is 4.74 Å². The van der Waals surface area contributed by atoms with Crippen LogP contribution in [0.1, 0.15) is 26.5 Å². The number of rotatable bonds is 1. The van der Waals surface area contributed by atoms with Crippen molar-refractivity contribution in [2.24, 2.45) is 0 Å². The van der Waals surface area contributed by atoms with Gasteiger partial charge in [-0.15, -0.1) is 0 Å². The molecule has 0 bridgehead atoms. The average molecular weight is 364 g/mol. The number of aromatic nitrogens is 2. The Hall–Kier alpha value is -1.82. The number of carbonyl (C=O) groups is 1. The lowest BCUT2D eigenvalue weighted by molar-refractivity contribution is 0.0306. The largest absolute Gasteiger partial charge is 0.444 e. The van der Waals surface area contributed by atoms with Crippen molar-refractivity contribution in [2.75, 3.05) is 13.1 Å². The van der Waals surface area contributed by atoms with Gasteiger partial charge in [0.2, 0.25) is 0 Å². The number of pyridine rings is 1. The first-order valence-corrected chi connectivity index (χ1v) is 7.93. The topological polar surface area (TPSA) is 46.8 Å². The highest BCUT2D eigenvalue weighted by atomic mass is 79.9. The zero-order chi connectivity index (χ0) is 15.9. The van der Waals surface area contributed by atoms with E-state index in [2.05, 4.69) is 27.0 Å². The first-order valence-electron chi connectivity index (χ1n) is 7.13. The van der Waals surface area contributed by atoms with Crippen LogP contribution in [0.3, 0.4) is 0 Å². The normalized spacial score (nSPS) is 15.3. The van der Waals surface area contributed by atoms with Crippen molar-refractivity contribution >= 4 is 33.2 Å². The molecular formula is C16H18BrN3O2. The average Bonchev–Trinajstić information content (AvgIpc) is 3.01. The summed E-state index contributed by atoms with van der Waals surface area (Å²) >= 11 is 3.44. The molecule has 0 atom stereocenters. The molecule has 0 N–H and O–H groups in total. The second-order valence-corrected chi connectivity index (χ2v) is 7.22. The summed E-state index contributed by atoms with van der Waals surface area (Å²) < 4.78 is 8.43. The Balaban J connectivity index is 1.78. The summed E-state index contributed by atoms with van der Waals surface area (Å²) in [6.45, 7) is 6.72. The molecule has 0 radical (unpaired) electrons. The third kappa shape index (κ3) is 3.02. The van der Waals surface area contributed by atoms with Gasteiger partial charge in [0.25, 0.3) is 0 Å². The number of ether oxygens (including phenoxy) is 1. The summed E-state index contributed by atoms with van der Waals surface area (Å²) in [6, 6.07) is 3.93. The van der Waals surface area contributed by atoms with E-state index in [9.17, 15) is 4.79 Å². The van der Waals surface area contributed by atoms with Gasteiger partial charge in [-0.25, -0.2) is 9.78 Å². The monoisotopic (exact) mass is 363 g/mol. The van der Waals surface area contributed by atoms with E-state index in [0.29, 0.717) is 13.1 Å². The van der Waals surface area contributed by atoms with Crippen LogP contribution in [0, 0.1) is 0 Å². The van der Waals surface area contributed by atoms with Crippen LogP contribution in [0.4, 0.5) is 4.79 Å².